The van der Waals surface area contributed by atoms with Crippen LogP contribution in [-0.2, 0) is 9.53 Å². The molecule has 138 valence electrons. The highest BCUT2D eigenvalue weighted by molar-refractivity contribution is 8.01. The van der Waals surface area contributed by atoms with E-state index in [0.717, 1.165) is 23.5 Å². The van der Waals surface area contributed by atoms with Crippen LogP contribution in [0, 0.1) is 17.0 Å². The van der Waals surface area contributed by atoms with Crippen molar-refractivity contribution in [2.24, 2.45) is 0 Å². The van der Waals surface area contributed by atoms with E-state index in [0.29, 0.717) is 15.8 Å². The number of hydrogen-bond donors (Lipinski definition) is 1. The first-order valence-corrected chi connectivity index (χ1v) is 9.38. The molecule has 2 aromatic rings. The number of nitro benzene ring substituents is 1. The number of esters is 1. The number of thiazole rings is 1. The summed E-state index contributed by atoms with van der Waals surface area (Å²) in [6.45, 7) is 5.43. The Morgan fingerprint density at radius 2 is 2.19 bits per heavy atom. The molecule has 0 unspecified atom stereocenters. The molecule has 0 saturated carbocycles. The lowest BCUT2D eigenvalue weighted by Gasteiger charge is -2.12. The van der Waals surface area contributed by atoms with Gasteiger partial charge in [0.05, 0.1) is 15.4 Å². The second kappa shape index (κ2) is 8.77. The van der Waals surface area contributed by atoms with Crippen LogP contribution < -0.4 is 5.32 Å². The molecule has 26 heavy (non-hydrogen) atoms. The molecule has 0 aliphatic heterocycles. The van der Waals surface area contributed by atoms with Gasteiger partial charge in [0.15, 0.2) is 10.4 Å². The summed E-state index contributed by atoms with van der Waals surface area (Å²) in [5.74, 6) is -1.23. The molecule has 1 N–H and O–H groups in total. The first-order valence-electron chi connectivity index (χ1n) is 7.69. The lowest BCUT2D eigenvalue weighted by molar-refractivity contribution is -0.387. The van der Waals surface area contributed by atoms with Crippen LogP contribution in [0.25, 0.3) is 0 Å². The molecular formula is C16H17N3O5S2. The van der Waals surface area contributed by atoms with E-state index in [1.807, 2.05) is 12.3 Å². The Kier molecular flexibility index (Phi) is 6.70. The van der Waals surface area contributed by atoms with Crippen molar-refractivity contribution in [2.75, 3.05) is 6.54 Å². The van der Waals surface area contributed by atoms with E-state index >= 15 is 0 Å². The fourth-order valence-corrected chi connectivity index (χ4v) is 3.83. The van der Waals surface area contributed by atoms with Crippen LogP contribution in [0.15, 0.2) is 32.8 Å². The molecule has 1 aromatic carbocycles. The Bertz CT molecular complexity index is 837. The third-order valence-corrected chi connectivity index (χ3v) is 5.31. The Morgan fingerprint density at radius 3 is 2.77 bits per heavy atom. The van der Waals surface area contributed by atoms with Gasteiger partial charge >= 0.3 is 5.97 Å². The van der Waals surface area contributed by atoms with E-state index in [-0.39, 0.29) is 11.3 Å². The summed E-state index contributed by atoms with van der Waals surface area (Å²) in [7, 11) is 0. The quantitative estimate of drug-likeness (QED) is 0.435. The van der Waals surface area contributed by atoms with Gasteiger partial charge in [0.2, 0.25) is 0 Å². The predicted molar refractivity (Wildman–Crippen MR) is 97.6 cm³/mol. The molecule has 0 radical (unpaired) electrons. The van der Waals surface area contributed by atoms with Gasteiger partial charge < -0.3 is 10.1 Å². The zero-order valence-electron chi connectivity index (χ0n) is 14.3. The zero-order chi connectivity index (χ0) is 19.3. The number of rotatable bonds is 7. The molecule has 10 heteroatoms. The number of carbonyl (C=O) groups is 2. The van der Waals surface area contributed by atoms with Crippen LogP contribution in [0.5, 0.6) is 0 Å². The number of ether oxygens (including phenoxy) is 1. The summed E-state index contributed by atoms with van der Waals surface area (Å²) < 4.78 is 5.73. The van der Waals surface area contributed by atoms with Crippen molar-refractivity contribution in [2.45, 2.75) is 36.1 Å². The number of nitro groups is 1. The maximum atomic E-state index is 12.2. The number of aromatic nitrogens is 1. The molecular weight excluding hydrogens is 378 g/mol. The van der Waals surface area contributed by atoms with Gasteiger partial charge in [-0.3, -0.25) is 14.9 Å². The van der Waals surface area contributed by atoms with E-state index in [1.165, 1.54) is 30.4 Å². The van der Waals surface area contributed by atoms with Crippen molar-refractivity contribution in [3.8, 4) is 0 Å². The fourth-order valence-electron chi connectivity index (χ4n) is 1.95. The highest BCUT2D eigenvalue weighted by Crippen LogP contribution is 2.36. The Morgan fingerprint density at radius 1 is 1.46 bits per heavy atom. The van der Waals surface area contributed by atoms with E-state index in [1.54, 1.807) is 6.92 Å². The van der Waals surface area contributed by atoms with Gasteiger partial charge in [-0.05, 0) is 32.9 Å². The monoisotopic (exact) mass is 395 g/mol. The number of amides is 1. The van der Waals surface area contributed by atoms with Crippen LogP contribution >= 0.6 is 23.1 Å². The highest BCUT2D eigenvalue weighted by Gasteiger charge is 2.23. The fraction of sp³-hybridized carbons (Fsp3) is 0.312. The summed E-state index contributed by atoms with van der Waals surface area (Å²) in [4.78, 5) is 39.2. The average Bonchev–Trinajstić information content (AvgIpc) is 3.00. The zero-order valence-corrected chi connectivity index (χ0v) is 16.0. The van der Waals surface area contributed by atoms with Gasteiger partial charge in [-0.1, -0.05) is 11.8 Å². The van der Waals surface area contributed by atoms with Crippen LogP contribution in [0.3, 0.4) is 0 Å². The van der Waals surface area contributed by atoms with E-state index in [2.05, 4.69) is 10.3 Å². The summed E-state index contributed by atoms with van der Waals surface area (Å²) in [6, 6.07) is 4.06. The molecule has 0 aliphatic carbocycles. The molecule has 0 spiro atoms. The minimum atomic E-state index is -0.992. The molecule has 1 aromatic heterocycles. The first-order chi connectivity index (χ1) is 12.3. The van der Waals surface area contributed by atoms with Gasteiger partial charge in [-0.25, -0.2) is 9.78 Å². The van der Waals surface area contributed by atoms with Crippen molar-refractivity contribution in [1.82, 2.24) is 10.3 Å². The molecule has 0 fully saturated rings. The van der Waals surface area contributed by atoms with Gasteiger partial charge in [-0.15, -0.1) is 11.3 Å². The number of carbonyl (C=O) groups excluding carboxylic acids is 2. The van der Waals surface area contributed by atoms with Crippen molar-refractivity contribution in [3.63, 3.8) is 0 Å². The lowest BCUT2D eigenvalue weighted by atomic mass is 10.2. The predicted octanol–water partition coefficient (Wildman–Crippen LogP) is 3.19. The van der Waals surface area contributed by atoms with Crippen molar-refractivity contribution < 1.29 is 19.2 Å². The van der Waals surface area contributed by atoms with Crippen LogP contribution in [-0.4, -0.2) is 34.4 Å². The smallest absolute Gasteiger partial charge is 0.339 e. The SMILES string of the molecule is CCNC(=O)[C@H](C)OC(=O)c1ccc(Sc2nc(C)cs2)c([N+](=O)[O-])c1. The maximum absolute atomic E-state index is 12.2. The molecule has 0 saturated heterocycles. The van der Waals surface area contributed by atoms with Crippen LogP contribution in [0.1, 0.15) is 29.9 Å². The van der Waals surface area contributed by atoms with Gasteiger partial charge in [0.25, 0.3) is 11.6 Å². The third-order valence-electron chi connectivity index (χ3n) is 3.19. The molecule has 2 rings (SSSR count). The highest BCUT2D eigenvalue weighted by atomic mass is 32.2. The molecule has 8 nitrogen and oxygen atoms in total. The van der Waals surface area contributed by atoms with Crippen LogP contribution in [0.4, 0.5) is 5.69 Å². The topological polar surface area (TPSA) is 111 Å². The van der Waals surface area contributed by atoms with Gasteiger partial charge in [0, 0.05) is 23.7 Å². The number of hydrogen-bond acceptors (Lipinski definition) is 8. The Balaban J connectivity index is 2.20. The minimum absolute atomic E-state index is 0.00696. The van der Waals surface area contributed by atoms with E-state index in [9.17, 15) is 19.7 Å². The summed E-state index contributed by atoms with van der Waals surface area (Å²) >= 11 is 2.54. The molecule has 0 bridgehead atoms. The normalized spacial score (nSPS) is 11.7. The lowest BCUT2D eigenvalue weighted by Crippen LogP contribution is -2.35. The molecule has 0 aliphatic rings. The van der Waals surface area contributed by atoms with Crippen LogP contribution in [0.2, 0.25) is 0 Å². The number of aryl methyl sites for hydroxylation is 1. The third kappa shape index (κ3) is 5.02. The largest absolute Gasteiger partial charge is 0.449 e. The average molecular weight is 395 g/mol. The van der Waals surface area contributed by atoms with Crippen molar-refractivity contribution in [1.29, 1.82) is 0 Å². The Hall–Kier alpha value is -2.46. The second-order valence-electron chi connectivity index (χ2n) is 5.24. The van der Waals surface area contributed by atoms with E-state index in [4.69, 9.17) is 4.74 Å². The van der Waals surface area contributed by atoms with Crippen molar-refractivity contribution in [3.05, 3.63) is 45.0 Å². The molecule has 1 atom stereocenters. The summed E-state index contributed by atoms with van der Waals surface area (Å²) in [5.41, 5.74) is 0.621. The molecule has 1 heterocycles. The Labute approximate surface area is 158 Å². The maximum Gasteiger partial charge on any atom is 0.339 e. The van der Waals surface area contributed by atoms with E-state index < -0.39 is 22.9 Å². The summed E-state index contributed by atoms with van der Waals surface area (Å²) in [5, 5.41) is 15.8. The summed E-state index contributed by atoms with van der Waals surface area (Å²) in [6.07, 6.45) is -0.992. The minimum Gasteiger partial charge on any atom is -0.449 e. The number of benzene rings is 1. The van der Waals surface area contributed by atoms with Gasteiger partial charge in [-0.2, -0.15) is 0 Å². The second-order valence-corrected chi connectivity index (χ2v) is 7.39. The first kappa shape index (κ1) is 19.9. The number of nitrogens with zero attached hydrogens (tertiary/aromatic N) is 2. The van der Waals surface area contributed by atoms with Crippen molar-refractivity contribution >= 4 is 40.7 Å². The molecule has 1 amide bonds. The standard InChI is InChI=1S/C16H17N3O5S2/c1-4-17-14(20)10(3)24-15(21)11-5-6-13(12(7-11)19(22)23)26-16-18-9(2)8-25-16/h5-8,10H,4H2,1-3H3,(H,17,20)/t10-/m0/s1. The number of likely N-dealkylation sites (N-methyl/N-ethyl adjacent to an activating group) is 1. The number of nitrogens with one attached hydrogen (secondary N) is 1. The van der Waals surface area contributed by atoms with Gasteiger partial charge in [0.1, 0.15) is 0 Å².